The van der Waals surface area contributed by atoms with E-state index < -0.39 is 0 Å². The third-order valence-corrected chi connectivity index (χ3v) is 4.76. The molecule has 6 nitrogen and oxygen atoms in total. The lowest BCUT2D eigenvalue weighted by atomic mass is 9.96. The maximum Gasteiger partial charge on any atom is 0.228 e. The van der Waals surface area contributed by atoms with E-state index in [1.807, 2.05) is 36.4 Å². The van der Waals surface area contributed by atoms with Gasteiger partial charge < -0.3 is 21.7 Å². The second kappa shape index (κ2) is 10.8. The van der Waals surface area contributed by atoms with Gasteiger partial charge in [0.05, 0.1) is 17.8 Å². The van der Waals surface area contributed by atoms with Gasteiger partial charge in [0.1, 0.15) is 0 Å². The van der Waals surface area contributed by atoms with Crippen LogP contribution >= 0.6 is 24.8 Å². The zero-order chi connectivity index (χ0) is 18.5. The van der Waals surface area contributed by atoms with Gasteiger partial charge in [0, 0.05) is 24.7 Å². The minimum Gasteiger partial charge on any atom is -0.399 e. The number of benzene rings is 2. The molecule has 0 saturated carbocycles. The Bertz CT molecular complexity index is 791. The number of carbonyl (C=O) groups excluding carboxylic acids is 2. The Hall–Kier alpha value is -2.44. The van der Waals surface area contributed by atoms with Crippen molar-refractivity contribution in [2.45, 2.75) is 19.3 Å². The molecule has 5 N–H and O–H groups in total. The molecule has 28 heavy (non-hydrogen) atoms. The summed E-state index contributed by atoms with van der Waals surface area (Å²) in [5, 5.41) is 3.00. The zero-order valence-electron chi connectivity index (χ0n) is 15.5. The number of primary amides is 1. The Labute approximate surface area is 177 Å². The van der Waals surface area contributed by atoms with Crippen LogP contribution in [0.15, 0.2) is 48.5 Å². The minimum atomic E-state index is -0.227. The van der Waals surface area contributed by atoms with Crippen molar-refractivity contribution in [3.05, 3.63) is 54.1 Å². The Balaban J connectivity index is 0.00000196. The number of carbonyl (C=O) groups is 2. The molecular weight excluding hydrogens is 399 g/mol. The summed E-state index contributed by atoms with van der Waals surface area (Å²) in [6.07, 6.45) is 1.77. The first-order chi connectivity index (χ1) is 12.5. The van der Waals surface area contributed by atoms with E-state index in [-0.39, 0.29) is 42.5 Å². The second-order valence-electron chi connectivity index (χ2n) is 6.65. The van der Waals surface area contributed by atoms with Gasteiger partial charge in [-0.25, -0.2) is 0 Å². The average Bonchev–Trinajstić information content (AvgIpc) is 2.64. The SMILES string of the molecule is Cl.Cl.NC(=O)C1CCN(c2ccccc2NC(=O)Cc2ccc(N)cc2)CC1. The maximum atomic E-state index is 12.4. The Morgan fingerprint density at radius 2 is 1.61 bits per heavy atom. The number of hydrogen-bond acceptors (Lipinski definition) is 4. The van der Waals surface area contributed by atoms with Gasteiger partial charge in [-0.1, -0.05) is 24.3 Å². The van der Waals surface area contributed by atoms with Crippen molar-refractivity contribution in [3.63, 3.8) is 0 Å². The van der Waals surface area contributed by atoms with Crippen molar-refractivity contribution in [2.75, 3.05) is 29.0 Å². The third kappa shape index (κ3) is 6.04. The maximum absolute atomic E-state index is 12.4. The van der Waals surface area contributed by atoms with Gasteiger partial charge in [0.2, 0.25) is 11.8 Å². The lowest BCUT2D eigenvalue weighted by Gasteiger charge is -2.33. The summed E-state index contributed by atoms with van der Waals surface area (Å²) in [5.41, 5.74) is 14.4. The summed E-state index contributed by atoms with van der Waals surface area (Å²) in [5.74, 6) is -0.359. The molecule has 2 amide bonds. The van der Waals surface area contributed by atoms with Crippen LogP contribution in [0.25, 0.3) is 0 Å². The van der Waals surface area contributed by atoms with E-state index in [2.05, 4.69) is 10.2 Å². The summed E-state index contributed by atoms with van der Waals surface area (Å²) in [4.78, 5) is 26.0. The molecule has 0 unspecified atom stereocenters. The summed E-state index contributed by atoms with van der Waals surface area (Å²) in [7, 11) is 0. The van der Waals surface area contributed by atoms with Crippen molar-refractivity contribution < 1.29 is 9.59 Å². The fourth-order valence-electron chi connectivity index (χ4n) is 3.28. The van der Waals surface area contributed by atoms with Crippen molar-refractivity contribution in [1.82, 2.24) is 0 Å². The largest absolute Gasteiger partial charge is 0.399 e. The average molecular weight is 425 g/mol. The Morgan fingerprint density at radius 3 is 2.21 bits per heavy atom. The van der Waals surface area contributed by atoms with Crippen LogP contribution in [-0.4, -0.2) is 24.9 Å². The van der Waals surface area contributed by atoms with Gasteiger partial charge in [0.25, 0.3) is 0 Å². The molecule has 0 aliphatic carbocycles. The van der Waals surface area contributed by atoms with Gasteiger partial charge in [-0.3, -0.25) is 9.59 Å². The molecule has 2 aromatic rings. The van der Waals surface area contributed by atoms with Crippen LogP contribution in [0.3, 0.4) is 0 Å². The number of hydrogen-bond donors (Lipinski definition) is 3. The molecule has 2 aromatic carbocycles. The molecule has 1 aliphatic heterocycles. The lowest BCUT2D eigenvalue weighted by molar-refractivity contribution is -0.122. The molecule has 0 atom stereocenters. The van der Waals surface area contributed by atoms with Crippen LogP contribution < -0.4 is 21.7 Å². The van der Waals surface area contributed by atoms with Crippen molar-refractivity contribution in [2.24, 2.45) is 11.7 Å². The van der Waals surface area contributed by atoms with E-state index in [1.54, 1.807) is 12.1 Å². The van der Waals surface area contributed by atoms with E-state index in [0.717, 1.165) is 42.9 Å². The highest BCUT2D eigenvalue weighted by Crippen LogP contribution is 2.29. The summed E-state index contributed by atoms with van der Waals surface area (Å²) in [6.45, 7) is 1.50. The molecule has 3 rings (SSSR count). The zero-order valence-corrected chi connectivity index (χ0v) is 17.1. The number of piperidine rings is 1. The summed E-state index contributed by atoms with van der Waals surface area (Å²) >= 11 is 0. The highest BCUT2D eigenvalue weighted by atomic mass is 35.5. The standard InChI is InChI=1S/C20H24N4O2.2ClH/c21-16-7-5-14(6-8-16)13-19(25)23-17-3-1-2-4-18(17)24-11-9-15(10-12-24)20(22)26;;/h1-8,15H,9-13,21H2,(H2,22,26)(H,23,25);2*1H. The van der Waals surface area contributed by atoms with Crippen LogP contribution in [-0.2, 0) is 16.0 Å². The number of halogens is 2. The first-order valence-electron chi connectivity index (χ1n) is 8.80. The highest BCUT2D eigenvalue weighted by molar-refractivity contribution is 5.95. The lowest BCUT2D eigenvalue weighted by Crippen LogP contribution is -2.38. The van der Waals surface area contributed by atoms with Gasteiger partial charge in [-0.2, -0.15) is 0 Å². The van der Waals surface area contributed by atoms with Gasteiger partial charge in [-0.05, 0) is 42.7 Å². The smallest absolute Gasteiger partial charge is 0.228 e. The van der Waals surface area contributed by atoms with Crippen molar-refractivity contribution in [1.29, 1.82) is 0 Å². The molecule has 0 bridgehead atoms. The number of nitrogens with one attached hydrogen (secondary N) is 1. The number of nitrogen functional groups attached to an aromatic ring is 1. The predicted molar refractivity (Wildman–Crippen MR) is 118 cm³/mol. The number of nitrogens with two attached hydrogens (primary N) is 2. The number of para-hydroxylation sites is 2. The number of amides is 2. The van der Waals surface area contributed by atoms with Gasteiger partial charge >= 0.3 is 0 Å². The molecule has 1 saturated heterocycles. The molecule has 0 aromatic heterocycles. The fourth-order valence-corrected chi connectivity index (χ4v) is 3.28. The normalized spacial score (nSPS) is 13.8. The molecule has 0 spiro atoms. The molecule has 0 radical (unpaired) electrons. The first kappa shape index (κ1) is 23.6. The van der Waals surface area contributed by atoms with Crippen LogP contribution in [0.4, 0.5) is 17.1 Å². The first-order valence-corrected chi connectivity index (χ1v) is 8.80. The number of anilines is 3. The van der Waals surface area contributed by atoms with Crippen molar-refractivity contribution >= 4 is 53.7 Å². The quantitative estimate of drug-likeness (QED) is 0.641. The Morgan fingerprint density at radius 1 is 1.00 bits per heavy atom. The predicted octanol–water partition coefficient (Wildman–Crippen LogP) is 3.00. The number of rotatable bonds is 5. The van der Waals surface area contributed by atoms with Gasteiger partial charge in [-0.15, -0.1) is 24.8 Å². The van der Waals surface area contributed by atoms with Crippen LogP contribution in [0.5, 0.6) is 0 Å². The number of nitrogens with zero attached hydrogens (tertiary/aromatic N) is 1. The van der Waals surface area contributed by atoms with Crippen LogP contribution in [0.2, 0.25) is 0 Å². The fraction of sp³-hybridized carbons (Fsp3) is 0.300. The van der Waals surface area contributed by atoms with Gasteiger partial charge in [0.15, 0.2) is 0 Å². The molecule has 1 aliphatic rings. The van der Waals surface area contributed by atoms with Crippen molar-refractivity contribution in [3.8, 4) is 0 Å². The monoisotopic (exact) mass is 424 g/mol. The minimum absolute atomic E-state index is 0. The van der Waals surface area contributed by atoms with E-state index in [9.17, 15) is 9.59 Å². The summed E-state index contributed by atoms with van der Waals surface area (Å²) < 4.78 is 0. The molecular formula is C20H26Cl2N4O2. The highest BCUT2D eigenvalue weighted by Gasteiger charge is 2.24. The van der Waals surface area contributed by atoms with E-state index in [1.165, 1.54) is 0 Å². The molecule has 8 heteroatoms. The molecule has 152 valence electrons. The topological polar surface area (TPSA) is 101 Å². The summed E-state index contributed by atoms with van der Waals surface area (Å²) in [6, 6.07) is 15.0. The molecule has 1 fully saturated rings. The Kier molecular flexibility index (Phi) is 9.09. The molecule has 1 heterocycles. The van der Waals surface area contributed by atoms with E-state index >= 15 is 0 Å². The van der Waals surface area contributed by atoms with E-state index in [0.29, 0.717) is 12.1 Å². The van der Waals surface area contributed by atoms with Crippen LogP contribution in [0, 0.1) is 5.92 Å². The van der Waals surface area contributed by atoms with Crippen LogP contribution in [0.1, 0.15) is 18.4 Å². The second-order valence-corrected chi connectivity index (χ2v) is 6.65. The third-order valence-electron chi connectivity index (χ3n) is 4.76. The van der Waals surface area contributed by atoms with E-state index in [4.69, 9.17) is 11.5 Å².